The highest BCUT2D eigenvalue weighted by atomic mass is 32.1. The molecule has 2 rings (SSSR count). The molecular weight excluding hydrogens is 326 g/mol. The molecule has 0 fully saturated rings. The van der Waals surface area contributed by atoms with E-state index in [1.807, 2.05) is 39.0 Å². The maximum Gasteiger partial charge on any atom is 0.324 e. The third-order valence-electron chi connectivity index (χ3n) is 3.38. The monoisotopic (exact) mass is 341 g/mol. The van der Waals surface area contributed by atoms with Gasteiger partial charge in [-0.1, -0.05) is 29.0 Å². The van der Waals surface area contributed by atoms with Gasteiger partial charge in [-0.3, -0.25) is 14.9 Å². The van der Waals surface area contributed by atoms with E-state index in [-0.39, 0.29) is 10.6 Å². The van der Waals surface area contributed by atoms with Crippen LogP contribution in [0.3, 0.4) is 0 Å². The summed E-state index contributed by atoms with van der Waals surface area (Å²) in [5.74, 6) is -0.540. The zero-order valence-corrected chi connectivity index (χ0v) is 14.2. The van der Waals surface area contributed by atoms with Crippen molar-refractivity contribution in [2.24, 2.45) is 0 Å². The van der Waals surface area contributed by atoms with Crippen molar-refractivity contribution in [1.29, 1.82) is 5.26 Å². The number of nitrogens with one attached hydrogen (secondary N) is 1. The molecule has 0 aliphatic rings. The summed E-state index contributed by atoms with van der Waals surface area (Å²) in [7, 11) is 0. The Hall–Kier alpha value is -2.98. The van der Waals surface area contributed by atoms with Crippen LogP contribution in [0.25, 0.3) is 6.08 Å². The van der Waals surface area contributed by atoms with Crippen LogP contribution in [0.15, 0.2) is 29.2 Å². The standard InChI is InChI=1S/C17H15N3O3S/c1-10-4-11(2)16(12(3)5-10)19-17(21)14(8-18)6-13-7-15(20(22)23)24-9-13/h4-7,9H,1-3H3,(H,19,21)/b14-6+. The zero-order valence-electron chi connectivity index (χ0n) is 13.4. The molecule has 1 N–H and O–H groups in total. The maximum atomic E-state index is 12.3. The Bertz CT molecular complexity index is 868. The van der Waals surface area contributed by atoms with E-state index in [9.17, 15) is 20.2 Å². The first-order chi connectivity index (χ1) is 11.3. The Labute approximate surface area is 143 Å². The molecule has 1 aromatic heterocycles. The molecule has 2 aromatic rings. The average Bonchev–Trinajstić information content (AvgIpc) is 2.97. The number of carbonyl (C=O) groups is 1. The first-order valence-electron chi connectivity index (χ1n) is 7.05. The van der Waals surface area contributed by atoms with Crippen molar-refractivity contribution in [3.05, 3.63) is 61.5 Å². The second-order valence-electron chi connectivity index (χ2n) is 5.37. The van der Waals surface area contributed by atoms with Gasteiger partial charge < -0.3 is 5.32 Å². The van der Waals surface area contributed by atoms with Crippen LogP contribution in [0.1, 0.15) is 22.3 Å². The minimum atomic E-state index is -0.540. The van der Waals surface area contributed by atoms with Crippen molar-refractivity contribution < 1.29 is 9.72 Å². The van der Waals surface area contributed by atoms with Crippen LogP contribution in [-0.2, 0) is 4.79 Å². The highest BCUT2D eigenvalue weighted by Gasteiger charge is 2.14. The van der Waals surface area contributed by atoms with Crippen molar-refractivity contribution >= 4 is 34.0 Å². The number of anilines is 1. The molecule has 1 amide bonds. The third-order valence-corrected chi connectivity index (χ3v) is 4.28. The highest BCUT2D eigenvalue weighted by Crippen LogP contribution is 2.25. The van der Waals surface area contributed by atoms with Gasteiger partial charge in [-0.25, -0.2) is 0 Å². The van der Waals surface area contributed by atoms with Gasteiger partial charge >= 0.3 is 5.00 Å². The number of nitro groups is 1. The van der Waals surface area contributed by atoms with Crippen molar-refractivity contribution in [1.82, 2.24) is 0 Å². The molecule has 1 aromatic carbocycles. The Morgan fingerprint density at radius 1 is 1.29 bits per heavy atom. The number of benzene rings is 1. The van der Waals surface area contributed by atoms with Gasteiger partial charge in [0.1, 0.15) is 11.6 Å². The van der Waals surface area contributed by atoms with E-state index < -0.39 is 10.8 Å². The van der Waals surface area contributed by atoms with Gasteiger partial charge in [0.05, 0.1) is 4.92 Å². The van der Waals surface area contributed by atoms with Crippen molar-refractivity contribution in [2.45, 2.75) is 20.8 Å². The zero-order chi connectivity index (χ0) is 17.9. The Balaban J connectivity index is 2.28. The molecular formula is C17H15N3O3S. The smallest absolute Gasteiger partial charge is 0.321 e. The molecule has 6 nitrogen and oxygen atoms in total. The lowest BCUT2D eigenvalue weighted by molar-refractivity contribution is -0.380. The van der Waals surface area contributed by atoms with Crippen LogP contribution < -0.4 is 5.32 Å². The summed E-state index contributed by atoms with van der Waals surface area (Å²) in [6, 6.07) is 7.06. The van der Waals surface area contributed by atoms with E-state index >= 15 is 0 Å². The van der Waals surface area contributed by atoms with E-state index in [1.165, 1.54) is 17.5 Å². The topological polar surface area (TPSA) is 96.0 Å². The fourth-order valence-corrected chi connectivity index (χ4v) is 3.07. The molecule has 0 aliphatic carbocycles. The van der Waals surface area contributed by atoms with Crippen molar-refractivity contribution in [3.63, 3.8) is 0 Å². The molecule has 0 saturated carbocycles. The van der Waals surface area contributed by atoms with Crippen molar-refractivity contribution in [3.8, 4) is 6.07 Å². The number of thiophene rings is 1. The summed E-state index contributed by atoms with van der Waals surface area (Å²) in [4.78, 5) is 22.5. The molecule has 0 atom stereocenters. The van der Waals surface area contributed by atoms with Gasteiger partial charge in [0, 0.05) is 17.1 Å². The van der Waals surface area contributed by atoms with Gasteiger partial charge in [0.15, 0.2) is 0 Å². The minimum Gasteiger partial charge on any atom is -0.321 e. The number of hydrogen-bond donors (Lipinski definition) is 1. The van der Waals surface area contributed by atoms with E-state index in [2.05, 4.69) is 5.32 Å². The van der Waals surface area contributed by atoms with E-state index in [0.717, 1.165) is 28.0 Å². The van der Waals surface area contributed by atoms with Crippen LogP contribution in [0.5, 0.6) is 0 Å². The molecule has 0 radical (unpaired) electrons. The molecule has 0 saturated heterocycles. The summed E-state index contributed by atoms with van der Waals surface area (Å²) >= 11 is 0.948. The number of rotatable bonds is 4. The second kappa shape index (κ2) is 7.06. The average molecular weight is 341 g/mol. The van der Waals surface area contributed by atoms with Crippen molar-refractivity contribution in [2.75, 3.05) is 5.32 Å². The largest absolute Gasteiger partial charge is 0.324 e. The Kier molecular flexibility index (Phi) is 5.11. The molecule has 24 heavy (non-hydrogen) atoms. The maximum absolute atomic E-state index is 12.3. The lowest BCUT2D eigenvalue weighted by Gasteiger charge is -2.12. The summed E-state index contributed by atoms with van der Waals surface area (Å²) in [5, 5.41) is 24.2. The molecule has 0 bridgehead atoms. The molecule has 0 unspecified atom stereocenters. The Morgan fingerprint density at radius 3 is 2.42 bits per heavy atom. The fourth-order valence-electron chi connectivity index (χ4n) is 2.38. The van der Waals surface area contributed by atoms with Crippen LogP contribution in [0.4, 0.5) is 10.7 Å². The lowest BCUT2D eigenvalue weighted by Crippen LogP contribution is -2.15. The van der Waals surface area contributed by atoms with Gasteiger partial charge in [-0.05, 0) is 43.5 Å². The van der Waals surface area contributed by atoms with Gasteiger partial charge in [-0.2, -0.15) is 5.26 Å². The summed E-state index contributed by atoms with van der Waals surface area (Å²) in [5.41, 5.74) is 3.92. The van der Waals surface area contributed by atoms with Gasteiger partial charge in [0.25, 0.3) is 5.91 Å². The first-order valence-corrected chi connectivity index (χ1v) is 7.93. The second-order valence-corrected chi connectivity index (χ2v) is 6.26. The molecule has 122 valence electrons. The lowest BCUT2D eigenvalue weighted by atomic mass is 10.0. The fraction of sp³-hybridized carbons (Fsp3) is 0.176. The molecule has 7 heteroatoms. The SMILES string of the molecule is Cc1cc(C)c(NC(=O)/C(C#N)=C/c2csc([N+](=O)[O-])c2)c(C)c1. The number of nitrogens with zero attached hydrogens (tertiary/aromatic N) is 2. The normalized spacial score (nSPS) is 11.0. The van der Waals surface area contributed by atoms with E-state index in [4.69, 9.17) is 0 Å². The molecule has 0 spiro atoms. The molecule has 1 heterocycles. The van der Waals surface area contributed by atoms with Gasteiger partial charge in [0.2, 0.25) is 0 Å². The highest BCUT2D eigenvalue weighted by molar-refractivity contribution is 7.13. The number of aryl methyl sites for hydroxylation is 3. The predicted molar refractivity (Wildman–Crippen MR) is 93.8 cm³/mol. The number of nitriles is 1. The van der Waals surface area contributed by atoms with Crippen LogP contribution >= 0.6 is 11.3 Å². The number of carbonyl (C=O) groups excluding carboxylic acids is 1. The molecule has 0 aliphatic heterocycles. The summed E-state index contributed by atoms with van der Waals surface area (Å²) < 4.78 is 0. The van der Waals surface area contributed by atoms with Crippen LogP contribution in [0, 0.1) is 42.2 Å². The number of hydrogen-bond acceptors (Lipinski definition) is 5. The number of amides is 1. The first kappa shape index (κ1) is 17.4. The third kappa shape index (κ3) is 3.86. The van der Waals surface area contributed by atoms with E-state index in [1.54, 1.807) is 0 Å². The summed E-state index contributed by atoms with van der Waals surface area (Å²) in [6.45, 7) is 5.73. The van der Waals surface area contributed by atoms with Crippen LogP contribution in [0.2, 0.25) is 0 Å². The Morgan fingerprint density at radius 2 is 1.92 bits per heavy atom. The quantitative estimate of drug-likeness (QED) is 0.391. The van der Waals surface area contributed by atoms with Gasteiger partial charge in [-0.15, -0.1) is 0 Å². The minimum absolute atomic E-state index is 0.0378. The predicted octanol–water partition coefficient (Wildman–Crippen LogP) is 4.13. The summed E-state index contributed by atoms with van der Waals surface area (Å²) in [6.07, 6.45) is 1.34. The van der Waals surface area contributed by atoms with Crippen LogP contribution in [-0.4, -0.2) is 10.8 Å². The van der Waals surface area contributed by atoms with E-state index in [0.29, 0.717) is 11.3 Å².